The molecule has 0 aromatic heterocycles. The molecular formula is C23H30N2O2. The number of aryl methyl sites for hydroxylation is 2. The number of benzene rings is 2. The van der Waals surface area contributed by atoms with Gasteiger partial charge in [-0.15, -0.1) is 0 Å². The first-order valence-corrected chi connectivity index (χ1v) is 9.33. The molecular weight excluding hydrogens is 336 g/mol. The summed E-state index contributed by atoms with van der Waals surface area (Å²) >= 11 is 0. The van der Waals surface area contributed by atoms with Crippen molar-refractivity contribution in [3.63, 3.8) is 0 Å². The third-order valence-corrected chi connectivity index (χ3v) is 4.78. The highest BCUT2D eigenvalue weighted by molar-refractivity contribution is 5.94. The maximum Gasteiger partial charge on any atom is 0.226 e. The number of hydrogen-bond donors (Lipinski definition) is 1. The first-order chi connectivity index (χ1) is 12.6. The van der Waals surface area contributed by atoms with Crippen LogP contribution in [-0.4, -0.2) is 18.4 Å². The molecule has 0 saturated carbocycles. The van der Waals surface area contributed by atoms with Gasteiger partial charge in [0.25, 0.3) is 0 Å². The molecule has 0 fully saturated rings. The van der Waals surface area contributed by atoms with E-state index in [4.69, 9.17) is 0 Å². The predicted octanol–water partition coefficient (Wildman–Crippen LogP) is 4.98. The Kier molecular flexibility index (Phi) is 6.42. The minimum atomic E-state index is -0.103. The summed E-state index contributed by atoms with van der Waals surface area (Å²) < 4.78 is 0. The van der Waals surface area contributed by atoms with Crippen molar-refractivity contribution in [2.75, 3.05) is 16.8 Å². The average molecular weight is 367 g/mol. The number of carbonyl (C=O) groups excluding carboxylic acids is 2. The van der Waals surface area contributed by atoms with Crippen LogP contribution in [0.5, 0.6) is 0 Å². The zero-order valence-electron chi connectivity index (χ0n) is 17.2. The number of hydrogen-bond acceptors (Lipinski definition) is 2. The van der Waals surface area contributed by atoms with Crippen LogP contribution >= 0.6 is 0 Å². The van der Waals surface area contributed by atoms with Crippen molar-refractivity contribution < 1.29 is 9.59 Å². The SMILES string of the molecule is CC(=O)N(CCC(=O)Nc1ccc(C(C)(C)C)cc1)c1ccc(C)c(C)c1. The first-order valence-electron chi connectivity index (χ1n) is 9.33. The van der Waals surface area contributed by atoms with Gasteiger partial charge in [0, 0.05) is 31.3 Å². The lowest BCUT2D eigenvalue weighted by atomic mass is 9.87. The van der Waals surface area contributed by atoms with Gasteiger partial charge in [0.2, 0.25) is 11.8 Å². The Labute approximate surface area is 162 Å². The van der Waals surface area contributed by atoms with Crippen LogP contribution < -0.4 is 10.2 Å². The van der Waals surface area contributed by atoms with Gasteiger partial charge in [0.1, 0.15) is 0 Å². The third-order valence-electron chi connectivity index (χ3n) is 4.78. The third kappa shape index (κ3) is 5.68. The molecule has 0 radical (unpaired) electrons. The van der Waals surface area contributed by atoms with Gasteiger partial charge in [-0.25, -0.2) is 0 Å². The number of anilines is 2. The van der Waals surface area contributed by atoms with Gasteiger partial charge in [-0.1, -0.05) is 39.0 Å². The molecule has 0 spiro atoms. The molecule has 2 aromatic carbocycles. The summed E-state index contributed by atoms with van der Waals surface area (Å²) in [4.78, 5) is 26.0. The molecule has 0 heterocycles. The second-order valence-electron chi connectivity index (χ2n) is 8.06. The molecule has 0 atom stereocenters. The van der Waals surface area contributed by atoms with Crippen molar-refractivity contribution in [1.29, 1.82) is 0 Å². The van der Waals surface area contributed by atoms with Gasteiger partial charge in [0.05, 0.1) is 0 Å². The molecule has 2 amide bonds. The van der Waals surface area contributed by atoms with E-state index in [-0.39, 0.29) is 23.7 Å². The van der Waals surface area contributed by atoms with E-state index >= 15 is 0 Å². The summed E-state index contributed by atoms with van der Waals surface area (Å²) in [5.41, 5.74) is 5.21. The van der Waals surface area contributed by atoms with Crippen LogP contribution in [0.3, 0.4) is 0 Å². The lowest BCUT2D eigenvalue weighted by Gasteiger charge is -2.22. The van der Waals surface area contributed by atoms with Gasteiger partial charge in [0.15, 0.2) is 0 Å². The summed E-state index contributed by atoms with van der Waals surface area (Å²) in [7, 11) is 0. The molecule has 0 aliphatic rings. The quantitative estimate of drug-likeness (QED) is 0.811. The van der Waals surface area contributed by atoms with Crippen molar-refractivity contribution in [2.45, 2.75) is 53.4 Å². The summed E-state index contributed by atoms with van der Waals surface area (Å²) in [6.07, 6.45) is 0.244. The van der Waals surface area contributed by atoms with E-state index in [2.05, 4.69) is 26.1 Å². The highest BCUT2D eigenvalue weighted by atomic mass is 16.2. The molecule has 4 nitrogen and oxygen atoms in total. The van der Waals surface area contributed by atoms with Crippen molar-refractivity contribution in [3.05, 3.63) is 59.2 Å². The number of amides is 2. The van der Waals surface area contributed by atoms with E-state index in [0.717, 1.165) is 16.9 Å². The second-order valence-corrected chi connectivity index (χ2v) is 8.06. The zero-order chi connectivity index (χ0) is 20.2. The fourth-order valence-electron chi connectivity index (χ4n) is 2.85. The molecule has 4 heteroatoms. The van der Waals surface area contributed by atoms with Gasteiger partial charge in [-0.2, -0.15) is 0 Å². The van der Waals surface area contributed by atoms with E-state index in [0.29, 0.717) is 6.54 Å². The lowest BCUT2D eigenvalue weighted by Crippen LogP contribution is -2.32. The van der Waals surface area contributed by atoms with Gasteiger partial charge in [-0.3, -0.25) is 9.59 Å². The van der Waals surface area contributed by atoms with E-state index in [1.807, 2.05) is 56.3 Å². The summed E-state index contributed by atoms with van der Waals surface area (Å²) in [5, 5.41) is 2.91. The second kappa shape index (κ2) is 8.38. The molecule has 1 N–H and O–H groups in total. The summed E-state index contributed by atoms with van der Waals surface area (Å²) in [6, 6.07) is 13.8. The highest BCUT2D eigenvalue weighted by Gasteiger charge is 2.15. The smallest absolute Gasteiger partial charge is 0.226 e. The van der Waals surface area contributed by atoms with Crippen LogP contribution in [-0.2, 0) is 15.0 Å². The van der Waals surface area contributed by atoms with Gasteiger partial charge < -0.3 is 10.2 Å². The minimum absolute atomic E-state index is 0.0689. The van der Waals surface area contributed by atoms with Crippen molar-refractivity contribution in [1.82, 2.24) is 0 Å². The van der Waals surface area contributed by atoms with Crippen molar-refractivity contribution in [2.24, 2.45) is 0 Å². The molecule has 0 aliphatic carbocycles. The molecule has 0 saturated heterocycles. The topological polar surface area (TPSA) is 49.4 Å². The van der Waals surface area contributed by atoms with Crippen LogP contribution in [0, 0.1) is 13.8 Å². The normalized spacial score (nSPS) is 11.2. The number of rotatable bonds is 5. The molecule has 0 aliphatic heterocycles. The van der Waals surface area contributed by atoms with Crippen LogP contribution in [0.15, 0.2) is 42.5 Å². The van der Waals surface area contributed by atoms with Crippen molar-refractivity contribution in [3.8, 4) is 0 Å². The van der Waals surface area contributed by atoms with E-state index in [9.17, 15) is 9.59 Å². The summed E-state index contributed by atoms with van der Waals surface area (Å²) in [5.74, 6) is -0.172. The largest absolute Gasteiger partial charge is 0.326 e. The standard InChI is InChI=1S/C23H30N2O2/c1-16-7-12-21(15-17(16)2)25(18(3)26)14-13-22(27)24-20-10-8-19(9-11-20)23(4,5)6/h7-12,15H,13-14H2,1-6H3,(H,24,27). The number of carbonyl (C=O) groups is 2. The molecule has 2 rings (SSSR count). The monoisotopic (exact) mass is 366 g/mol. The van der Waals surface area contributed by atoms with E-state index in [1.165, 1.54) is 18.1 Å². The molecule has 0 bridgehead atoms. The maximum atomic E-state index is 12.3. The minimum Gasteiger partial charge on any atom is -0.326 e. The fraction of sp³-hybridized carbons (Fsp3) is 0.391. The lowest BCUT2D eigenvalue weighted by molar-refractivity contribution is -0.117. The van der Waals surface area contributed by atoms with Crippen LogP contribution in [0.2, 0.25) is 0 Å². The molecule has 27 heavy (non-hydrogen) atoms. The first kappa shape index (κ1) is 20.7. The van der Waals surface area contributed by atoms with Crippen molar-refractivity contribution >= 4 is 23.2 Å². The number of nitrogens with one attached hydrogen (secondary N) is 1. The fourth-order valence-corrected chi connectivity index (χ4v) is 2.85. The zero-order valence-corrected chi connectivity index (χ0v) is 17.2. The molecule has 2 aromatic rings. The summed E-state index contributed by atoms with van der Waals surface area (Å²) in [6.45, 7) is 12.4. The van der Waals surface area contributed by atoms with E-state index < -0.39 is 0 Å². The Balaban J connectivity index is 1.99. The highest BCUT2D eigenvalue weighted by Crippen LogP contribution is 2.24. The Morgan fingerprint density at radius 3 is 2.11 bits per heavy atom. The van der Waals surface area contributed by atoms with Crippen LogP contribution in [0.4, 0.5) is 11.4 Å². The number of nitrogens with zero attached hydrogens (tertiary/aromatic N) is 1. The molecule has 0 unspecified atom stereocenters. The Hall–Kier alpha value is -2.62. The van der Waals surface area contributed by atoms with Gasteiger partial charge >= 0.3 is 0 Å². The van der Waals surface area contributed by atoms with E-state index in [1.54, 1.807) is 4.90 Å². The molecule has 144 valence electrons. The average Bonchev–Trinajstić information content (AvgIpc) is 2.57. The van der Waals surface area contributed by atoms with Crippen LogP contribution in [0.1, 0.15) is 50.8 Å². The van der Waals surface area contributed by atoms with Crippen LogP contribution in [0.25, 0.3) is 0 Å². The Bertz CT molecular complexity index is 817. The predicted molar refractivity (Wildman–Crippen MR) is 112 cm³/mol. The maximum absolute atomic E-state index is 12.3. The Morgan fingerprint density at radius 2 is 1.59 bits per heavy atom. The Morgan fingerprint density at radius 1 is 0.963 bits per heavy atom. The van der Waals surface area contributed by atoms with Gasteiger partial charge in [-0.05, 0) is 60.2 Å².